The summed E-state index contributed by atoms with van der Waals surface area (Å²) in [6.07, 6.45) is 4.42. The molecule has 0 bridgehead atoms. The van der Waals surface area contributed by atoms with Crippen LogP contribution in [-0.2, 0) is 9.53 Å². The molecule has 180 valence electrons. The van der Waals surface area contributed by atoms with Crippen molar-refractivity contribution in [3.63, 3.8) is 0 Å². The van der Waals surface area contributed by atoms with Gasteiger partial charge in [-0.05, 0) is 69.9 Å². The van der Waals surface area contributed by atoms with Crippen LogP contribution in [0.1, 0.15) is 84.0 Å². The summed E-state index contributed by atoms with van der Waals surface area (Å²) in [6, 6.07) is 6.80. The number of nitrogens with zero attached hydrogens (tertiary/aromatic N) is 1. The summed E-state index contributed by atoms with van der Waals surface area (Å²) < 4.78 is 5.54. The van der Waals surface area contributed by atoms with Gasteiger partial charge in [-0.25, -0.2) is 0 Å². The number of benzene rings is 1. The zero-order valence-corrected chi connectivity index (χ0v) is 21.6. The van der Waals surface area contributed by atoms with Crippen LogP contribution in [0.4, 0.5) is 0 Å². The van der Waals surface area contributed by atoms with Gasteiger partial charge in [0.2, 0.25) is 5.91 Å². The van der Waals surface area contributed by atoms with Crippen molar-refractivity contribution in [1.82, 2.24) is 10.2 Å². The van der Waals surface area contributed by atoms with Gasteiger partial charge in [-0.1, -0.05) is 45.2 Å². The molecular formula is C26H41ClN2O3. The van der Waals surface area contributed by atoms with Crippen molar-refractivity contribution >= 4 is 23.4 Å². The molecule has 0 aliphatic heterocycles. The van der Waals surface area contributed by atoms with Gasteiger partial charge in [0.25, 0.3) is 5.91 Å². The molecule has 3 atom stereocenters. The number of hydrogen-bond donors (Lipinski definition) is 1. The molecule has 0 aromatic heterocycles. The largest absolute Gasteiger partial charge is 0.380 e. The van der Waals surface area contributed by atoms with E-state index in [2.05, 4.69) is 19.2 Å². The monoisotopic (exact) mass is 464 g/mol. The van der Waals surface area contributed by atoms with Crippen LogP contribution in [0.25, 0.3) is 0 Å². The van der Waals surface area contributed by atoms with Crippen molar-refractivity contribution in [1.29, 1.82) is 0 Å². The second-order valence-corrected chi connectivity index (χ2v) is 8.93. The summed E-state index contributed by atoms with van der Waals surface area (Å²) in [5.41, 5.74) is 2.64. The highest BCUT2D eigenvalue weighted by atomic mass is 35.5. The van der Waals surface area contributed by atoms with Crippen LogP contribution in [-0.4, -0.2) is 42.5 Å². The van der Waals surface area contributed by atoms with Gasteiger partial charge >= 0.3 is 0 Å². The molecule has 1 aromatic carbocycles. The van der Waals surface area contributed by atoms with Crippen LogP contribution in [0.3, 0.4) is 0 Å². The quantitative estimate of drug-likeness (QED) is 0.376. The molecule has 1 N–H and O–H groups in total. The standard InChI is InChI=1S/C26H41ClN2O3/c1-8-10-11-18(3)25(30)28-17-16-22(9-2)20(5)29(19(4)21(6)32-7)26(31)23-12-14-24(27)15-13-23/h12-15,18-19,21H,8-11,16-17H2,1-7H3,(H,28,30)/b22-20+/t18-,19?,21+/m1/s1. The molecule has 5 nitrogen and oxygen atoms in total. The Labute approximate surface area is 199 Å². The second kappa shape index (κ2) is 14.3. The van der Waals surface area contributed by atoms with E-state index in [0.29, 0.717) is 23.6 Å². The predicted molar refractivity (Wildman–Crippen MR) is 133 cm³/mol. The molecular weight excluding hydrogens is 424 g/mol. The van der Waals surface area contributed by atoms with Crippen LogP contribution in [0.5, 0.6) is 0 Å². The fourth-order valence-electron chi connectivity index (χ4n) is 3.72. The van der Waals surface area contributed by atoms with Gasteiger partial charge in [0, 0.05) is 35.9 Å². The molecule has 6 heteroatoms. The number of amides is 2. The molecule has 0 heterocycles. The van der Waals surface area contributed by atoms with Gasteiger partial charge in [0.05, 0.1) is 12.1 Å². The van der Waals surface area contributed by atoms with Crippen LogP contribution in [0.2, 0.25) is 5.02 Å². The fraction of sp³-hybridized carbons (Fsp3) is 0.615. The molecule has 1 unspecified atom stereocenters. The number of carbonyl (C=O) groups is 2. The third-order valence-corrected chi connectivity index (χ3v) is 6.48. The Bertz CT molecular complexity index is 761. The number of halogens is 1. The Hall–Kier alpha value is -1.85. The molecule has 0 fully saturated rings. The van der Waals surface area contributed by atoms with E-state index in [1.807, 2.05) is 32.6 Å². The Morgan fingerprint density at radius 3 is 2.28 bits per heavy atom. The predicted octanol–water partition coefficient (Wildman–Crippen LogP) is 6.22. The van der Waals surface area contributed by atoms with Crippen LogP contribution >= 0.6 is 11.6 Å². The summed E-state index contributed by atoms with van der Waals surface area (Å²) in [5, 5.41) is 3.66. The molecule has 0 radical (unpaired) electrons. The van der Waals surface area contributed by atoms with E-state index in [1.54, 1.807) is 31.4 Å². The summed E-state index contributed by atoms with van der Waals surface area (Å²) in [7, 11) is 1.65. The van der Waals surface area contributed by atoms with E-state index in [1.165, 1.54) is 0 Å². The summed E-state index contributed by atoms with van der Waals surface area (Å²) in [4.78, 5) is 27.7. The van der Waals surface area contributed by atoms with E-state index in [9.17, 15) is 9.59 Å². The highest BCUT2D eigenvalue weighted by Gasteiger charge is 2.28. The van der Waals surface area contributed by atoms with Gasteiger partial charge in [0.15, 0.2) is 0 Å². The Kier molecular flexibility index (Phi) is 12.6. The highest BCUT2D eigenvalue weighted by molar-refractivity contribution is 6.30. The van der Waals surface area contributed by atoms with Crippen molar-refractivity contribution in [2.45, 2.75) is 85.8 Å². The Balaban J connectivity index is 3.07. The maximum atomic E-state index is 13.5. The van der Waals surface area contributed by atoms with Gasteiger partial charge in [-0.15, -0.1) is 0 Å². The smallest absolute Gasteiger partial charge is 0.258 e. The molecule has 32 heavy (non-hydrogen) atoms. The minimum absolute atomic E-state index is 0.0238. The summed E-state index contributed by atoms with van der Waals surface area (Å²) in [6.45, 7) is 12.7. The maximum absolute atomic E-state index is 13.5. The topological polar surface area (TPSA) is 58.6 Å². The average molecular weight is 465 g/mol. The first-order valence-corrected chi connectivity index (χ1v) is 12.1. The van der Waals surface area contributed by atoms with Gasteiger partial charge in [-0.3, -0.25) is 9.59 Å². The third kappa shape index (κ3) is 8.25. The van der Waals surface area contributed by atoms with E-state index in [4.69, 9.17) is 16.3 Å². The molecule has 0 aliphatic rings. The number of unbranched alkanes of at least 4 members (excludes halogenated alkanes) is 1. The lowest BCUT2D eigenvalue weighted by Gasteiger charge is -2.35. The van der Waals surface area contributed by atoms with Crippen molar-refractivity contribution in [3.8, 4) is 0 Å². The Morgan fingerprint density at radius 2 is 1.75 bits per heavy atom. The molecule has 2 amide bonds. The maximum Gasteiger partial charge on any atom is 0.258 e. The molecule has 0 spiro atoms. The van der Waals surface area contributed by atoms with Crippen molar-refractivity contribution in [2.24, 2.45) is 5.92 Å². The van der Waals surface area contributed by atoms with E-state index >= 15 is 0 Å². The number of nitrogens with one attached hydrogen (secondary N) is 1. The van der Waals surface area contributed by atoms with Crippen molar-refractivity contribution < 1.29 is 14.3 Å². The molecule has 0 saturated heterocycles. The summed E-state index contributed by atoms with van der Waals surface area (Å²) >= 11 is 6.01. The average Bonchev–Trinajstić information content (AvgIpc) is 2.79. The first kappa shape index (κ1) is 28.2. The van der Waals surface area contributed by atoms with Crippen molar-refractivity contribution in [3.05, 3.63) is 46.1 Å². The zero-order valence-electron chi connectivity index (χ0n) is 20.8. The number of hydrogen-bond acceptors (Lipinski definition) is 3. The number of ether oxygens (including phenoxy) is 1. The SMILES string of the molecule is CCCC[C@@H](C)C(=O)NCC/C(CC)=C(\C)N(C(=O)c1ccc(Cl)cc1)C(C)[C@H](C)OC. The normalized spacial score (nSPS) is 14.9. The first-order valence-electron chi connectivity index (χ1n) is 11.8. The Morgan fingerprint density at radius 1 is 1.12 bits per heavy atom. The number of carbonyl (C=O) groups excluding carboxylic acids is 2. The van der Waals surface area contributed by atoms with Crippen LogP contribution in [0, 0.1) is 5.92 Å². The lowest BCUT2D eigenvalue weighted by Crippen LogP contribution is -2.44. The van der Waals surface area contributed by atoms with Gasteiger partial charge < -0.3 is 15.0 Å². The molecule has 1 aromatic rings. The first-order chi connectivity index (χ1) is 15.2. The van der Waals surface area contributed by atoms with Gasteiger partial charge in [0.1, 0.15) is 0 Å². The van der Waals surface area contributed by atoms with E-state index in [0.717, 1.165) is 37.0 Å². The van der Waals surface area contributed by atoms with Crippen LogP contribution in [0.15, 0.2) is 35.5 Å². The number of methoxy groups -OCH3 is 1. The highest BCUT2D eigenvalue weighted by Crippen LogP contribution is 2.24. The van der Waals surface area contributed by atoms with E-state index < -0.39 is 0 Å². The lowest BCUT2D eigenvalue weighted by molar-refractivity contribution is -0.124. The number of allylic oxidation sites excluding steroid dienone is 1. The number of rotatable bonds is 13. The van der Waals surface area contributed by atoms with Crippen LogP contribution < -0.4 is 5.32 Å². The minimum Gasteiger partial charge on any atom is -0.380 e. The molecule has 0 saturated carbocycles. The zero-order chi connectivity index (χ0) is 24.3. The molecule has 0 aliphatic carbocycles. The fourth-order valence-corrected chi connectivity index (χ4v) is 3.84. The second-order valence-electron chi connectivity index (χ2n) is 8.49. The third-order valence-electron chi connectivity index (χ3n) is 6.23. The van der Waals surface area contributed by atoms with E-state index in [-0.39, 0.29) is 29.9 Å². The molecule has 1 rings (SSSR count). The minimum atomic E-state index is -0.159. The van der Waals surface area contributed by atoms with Crippen molar-refractivity contribution in [2.75, 3.05) is 13.7 Å². The summed E-state index contributed by atoms with van der Waals surface area (Å²) in [5.74, 6) is 0.0384. The van der Waals surface area contributed by atoms with Gasteiger partial charge in [-0.2, -0.15) is 0 Å². The lowest BCUT2D eigenvalue weighted by atomic mass is 10.0.